The van der Waals surface area contributed by atoms with E-state index in [1.807, 2.05) is 6.07 Å². The van der Waals surface area contributed by atoms with Crippen molar-refractivity contribution in [2.45, 2.75) is 26.3 Å². The van der Waals surface area contributed by atoms with Crippen LogP contribution in [0.25, 0.3) is 0 Å². The molecule has 5 heteroatoms. The van der Waals surface area contributed by atoms with E-state index in [1.54, 1.807) is 29.2 Å². The van der Waals surface area contributed by atoms with Crippen LogP contribution in [-0.4, -0.2) is 35.1 Å². The first-order valence-electron chi connectivity index (χ1n) is 7.32. The monoisotopic (exact) mass is 290 g/mol. The average Bonchev–Trinajstić information content (AvgIpc) is 2.95. The highest BCUT2D eigenvalue weighted by Gasteiger charge is 2.30. The quantitative estimate of drug-likeness (QED) is 0.895. The van der Waals surface area contributed by atoms with Gasteiger partial charge in [0.2, 0.25) is 0 Å². The molecule has 2 atom stereocenters. The zero-order valence-corrected chi connectivity index (χ0v) is 12.5. The van der Waals surface area contributed by atoms with E-state index in [0.717, 1.165) is 6.42 Å². The van der Waals surface area contributed by atoms with Crippen LogP contribution in [0, 0.1) is 11.8 Å². The summed E-state index contributed by atoms with van der Waals surface area (Å²) in [6.07, 6.45) is 0.980. The number of carboxylic acids is 1. The number of hydrogen-bond donors (Lipinski definition) is 2. The van der Waals surface area contributed by atoms with Crippen LogP contribution < -0.4 is 5.32 Å². The zero-order valence-electron chi connectivity index (χ0n) is 12.5. The number of likely N-dealkylation sites (tertiary alicyclic amines) is 1. The number of nitrogens with one attached hydrogen (secondary N) is 1. The van der Waals surface area contributed by atoms with E-state index < -0.39 is 12.0 Å². The Hall–Kier alpha value is -2.04. The van der Waals surface area contributed by atoms with E-state index in [1.165, 1.54) is 0 Å². The van der Waals surface area contributed by atoms with Crippen molar-refractivity contribution in [2.75, 3.05) is 13.1 Å². The molecular weight excluding hydrogens is 268 g/mol. The lowest BCUT2D eigenvalue weighted by Crippen LogP contribution is -2.42. The molecule has 1 heterocycles. The second kappa shape index (κ2) is 6.61. The van der Waals surface area contributed by atoms with Crippen LogP contribution in [0.1, 0.15) is 31.9 Å². The standard InChI is InChI=1S/C16H22N2O3/c1-11(2)13-8-9-18(10-13)16(21)17-14(15(19)20)12-6-4-3-5-7-12/h3-7,11,13-14H,8-10H2,1-2H3,(H,17,21)(H,19,20)/t13?,14-/m0/s1. The lowest BCUT2D eigenvalue weighted by atomic mass is 9.95. The maximum atomic E-state index is 12.3. The first-order valence-corrected chi connectivity index (χ1v) is 7.32. The summed E-state index contributed by atoms with van der Waals surface area (Å²) >= 11 is 0. The number of benzene rings is 1. The Morgan fingerprint density at radius 1 is 1.29 bits per heavy atom. The second-order valence-corrected chi connectivity index (χ2v) is 5.87. The van der Waals surface area contributed by atoms with Gasteiger partial charge in [-0.05, 0) is 23.8 Å². The van der Waals surface area contributed by atoms with Crippen LogP contribution in [0.2, 0.25) is 0 Å². The molecule has 1 aromatic rings. The van der Waals surface area contributed by atoms with Gasteiger partial charge in [0.05, 0.1) is 0 Å². The summed E-state index contributed by atoms with van der Waals surface area (Å²) in [5.41, 5.74) is 0.581. The summed E-state index contributed by atoms with van der Waals surface area (Å²) in [6.45, 7) is 5.69. The van der Waals surface area contributed by atoms with Crippen molar-refractivity contribution < 1.29 is 14.7 Å². The number of carboxylic acid groups (broad SMARTS) is 1. The molecule has 0 aliphatic carbocycles. The van der Waals surface area contributed by atoms with E-state index in [2.05, 4.69) is 19.2 Å². The molecule has 0 bridgehead atoms. The Balaban J connectivity index is 2.02. The van der Waals surface area contributed by atoms with Gasteiger partial charge >= 0.3 is 12.0 Å². The van der Waals surface area contributed by atoms with E-state index in [9.17, 15) is 14.7 Å². The van der Waals surface area contributed by atoms with Gasteiger partial charge in [0.15, 0.2) is 6.04 Å². The Morgan fingerprint density at radius 3 is 2.48 bits per heavy atom. The molecule has 2 amide bonds. The molecule has 0 spiro atoms. The highest BCUT2D eigenvalue weighted by Crippen LogP contribution is 2.24. The lowest BCUT2D eigenvalue weighted by molar-refractivity contribution is -0.139. The first-order chi connectivity index (χ1) is 9.99. The van der Waals surface area contributed by atoms with Crippen molar-refractivity contribution in [1.82, 2.24) is 10.2 Å². The van der Waals surface area contributed by atoms with Gasteiger partial charge in [-0.15, -0.1) is 0 Å². The summed E-state index contributed by atoms with van der Waals surface area (Å²) in [5, 5.41) is 11.9. The van der Waals surface area contributed by atoms with Gasteiger partial charge in [-0.2, -0.15) is 0 Å². The Kier molecular flexibility index (Phi) is 4.83. The van der Waals surface area contributed by atoms with E-state index >= 15 is 0 Å². The third-order valence-electron chi connectivity index (χ3n) is 4.10. The molecule has 2 N–H and O–H groups in total. The van der Waals surface area contributed by atoms with Gasteiger partial charge in [0, 0.05) is 13.1 Å². The van der Waals surface area contributed by atoms with Crippen molar-refractivity contribution in [3.63, 3.8) is 0 Å². The largest absolute Gasteiger partial charge is 0.479 e. The summed E-state index contributed by atoms with van der Waals surface area (Å²) < 4.78 is 0. The van der Waals surface area contributed by atoms with Crippen LogP contribution in [0.4, 0.5) is 4.79 Å². The minimum atomic E-state index is -1.05. The van der Waals surface area contributed by atoms with Gasteiger partial charge in [0.25, 0.3) is 0 Å². The van der Waals surface area contributed by atoms with E-state index in [-0.39, 0.29) is 6.03 Å². The van der Waals surface area contributed by atoms with Crippen molar-refractivity contribution in [2.24, 2.45) is 11.8 Å². The van der Waals surface area contributed by atoms with Gasteiger partial charge in [0.1, 0.15) is 0 Å². The van der Waals surface area contributed by atoms with E-state index in [4.69, 9.17) is 0 Å². The van der Waals surface area contributed by atoms with Crippen LogP contribution >= 0.6 is 0 Å². The first kappa shape index (κ1) is 15.4. The number of rotatable bonds is 4. The van der Waals surface area contributed by atoms with Crippen LogP contribution in [-0.2, 0) is 4.79 Å². The van der Waals surface area contributed by atoms with Crippen molar-refractivity contribution in [3.05, 3.63) is 35.9 Å². The van der Waals surface area contributed by atoms with E-state index in [0.29, 0.717) is 30.5 Å². The predicted octanol–water partition coefficient (Wildman–Crippen LogP) is 2.50. The number of nitrogens with zero attached hydrogens (tertiary/aromatic N) is 1. The van der Waals surface area contributed by atoms with Crippen molar-refractivity contribution in [1.29, 1.82) is 0 Å². The smallest absolute Gasteiger partial charge is 0.330 e. The highest BCUT2D eigenvalue weighted by atomic mass is 16.4. The van der Waals surface area contributed by atoms with Crippen LogP contribution in [0.3, 0.4) is 0 Å². The molecule has 5 nitrogen and oxygen atoms in total. The average molecular weight is 290 g/mol. The third-order valence-corrected chi connectivity index (χ3v) is 4.10. The molecular formula is C16H22N2O3. The third kappa shape index (κ3) is 3.74. The number of hydrogen-bond acceptors (Lipinski definition) is 2. The number of carbonyl (C=O) groups is 2. The summed E-state index contributed by atoms with van der Waals surface area (Å²) in [5.74, 6) is -0.0166. The Labute approximate surface area is 125 Å². The van der Waals surface area contributed by atoms with Gasteiger partial charge in [-0.1, -0.05) is 44.2 Å². The molecule has 1 aromatic carbocycles. The minimum absolute atomic E-state index is 0.297. The van der Waals surface area contributed by atoms with Crippen molar-refractivity contribution in [3.8, 4) is 0 Å². The van der Waals surface area contributed by atoms with Crippen LogP contribution in [0.5, 0.6) is 0 Å². The molecule has 1 fully saturated rings. The topological polar surface area (TPSA) is 69.6 Å². The summed E-state index contributed by atoms with van der Waals surface area (Å²) in [6, 6.07) is 7.47. The molecule has 2 rings (SSSR count). The maximum absolute atomic E-state index is 12.3. The van der Waals surface area contributed by atoms with Gasteiger partial charge in [-0.25, -0.2) is 9.59 Å². The second-order valence-electron chi connectivity index (χ2n) is 5.87. The van der Waals surface area contributed by atoms with Gasteiger partial charge in [-0.3, -0.25) is 0 Å². The van der Waals surface area contributed by atoms with Crippen LogP contribution in [0.15, 0.2) is 30.3 Å². The SMILES string of the molecule is CC(C)C1CCN(C(=O)N[C@H](C(=O)O)c2ccccc2)C1. The fourth-order valence-electron chi connectivity index (χ4n) is 2.66. The Bertz CT molecular complexity index is 502. The molecule has 1 aliphatic rings. The zero-order chi connectivity index (χ0) is 15.4. The fraction of sp³-hybridized carbons (Fsp3) is 0.500. The molecule has 1 unspecified atom stereocenters. The van der Waals surface area contributed by atoms with Gasteiger partial charge < -0.3 is 15.3 Å². The molecule has 0 aromatic heterocycles. The minimum Gasteiger partial charge on any atom is -0.479 e. The molecule has 114 valence electrons. The molecule has 1 saturated heterocycles. The summed E-state index contributed by atoms with van der Waals surface area (Å²) in [4.78, 5) is 25.4. The molecule has 0 saturated carbocycles. The molecule has 21 heavy (non-hydrogen) atoms. The predicted molar refractivity (Wildman–Crippen MR) is 79.9 cm³/mol. The molecule has 1 aliphatic heterocycles. The number of urea groups is 1. The highest BCUT2D eigenvalue weighted by molar-refractivity contribution is 5.83. The number of aliphatic carboxylic acids is 1. The summed E-state index contributed by atoms with van der Waals surface area (Å²) in [7, 11) is 0. The Morgan fingerprint density at radius 2 is 1.95 bits per heavy atom. The number of carbonyl (C=O) groups excluding carboxylic acids is 1. The maximum Gasteiger partial charge on any atom is 0.330 e. The fourth-order valence-corrected chi connectivity index (χ4v) is 2.66. The number of amides is 2. The lowest BCUT2D eigenvalue weighted by Gasteiger charge is -2.22. The normalized spacial score (nSPS) is 19.6. The molecule has 0 radical (unpaired) electrons. The van der Waals surface area contributed by atoms with Crippen molar-refractivity contribution >= 4 is 12.0 Å².